The number of fused-ring (bicyclic) bond motifs is 1. The molecule has 1 atom stereocenters. The first kappa shape index (κ1) is 18.6. The molecule has 7 nitrogen and oxygen atoms in total. The number of anilines is 1. The Bertz CT molecular complexity index is 1100. The Morgan fingerprint density at radius 3 is 2.75 bits per heavy atom. The number of nitrogens with one attached hydrogen (secondary N) is 2. The molecule has 8 heteroatoms. The minimum atomic E-state index is -3.38. The molecular formula is C20H22N4O3S. The van der Waals surface area contributed by atoms with Crippen molar-refractivity contribution in [3.05, 3.63) is 53.9 Å². The number of ketones is 1. The number of Topliss-reactive ketones (excluding diaryl/α,β-unsaturated/α-hetero) is 1. The Balaban J connectivity index is 1.44. The number of aromatic nitrogens is 3. The van der Waals surface area contributed by atoms with Gasteiger partial charge in [0, 0.05) is 24.7 Å². The third kappa shape index (κ3) is 4.06. The van der Waals surface area contributed by atoms with E-state index in [9.17, 15) is 13.2 Å². The van der Waals surface area contributed by atoms with E-state index in [1.54, 1.807) is 12.3 Å². The van der Waals surface area contributed by atoms with E-state index in [0.717, 1.165) is 5.56 Å². The Hall–Kier alpha value is -2.74. The number of H-pyrrole nitrogens is 1. The Kier molecular flexibility index (Phi) is 4.89. The number of pyridine rings is 1. The van der Waals surface area contributed by atoms with Crippen molar-refractivity contribution < 1.29 is 13.2 Å². The van der Waals surface area contributed by atoms with E-state index >= 15 is 0 Å². The van der Waals surface area contributed by atoms with Crippen LogP contribution in [0.25, 0.3) is 10.9 Å². The summed E-state index contributed by atoms with van der Waals surface area (Å²) in [6.45, 7) is 2.04. The fourth-order valence-electron chi connectivity index (χ4n) is 3.24. The number of carbonyl (C=O) groups excluding carboxylic acids is 1. The summed E-state index contributed by atoms with van der Waals surface area (Å²) in [5, 5.41) is 7.15. The minimum absolute atomic E-state index is 0.109. The highest BCUT2D eigenvalue weighted by Crippen LogP contribution is 2.31. The van der Waals surface area contributed by atoms with E-state index in [0.29, 0.717) is 35.9 Å². The number of rotatable bonds is 8. The summed E-state index contributed by atoms with van der Waals surface area (Å²) in [6.07, 6.45) is 3.61. The lowest BCUT2D eigenvalue weighted by molar-refractivity contribution is -0.118. The summed E-state index contributed by atoms with van der Waals surface area (Å²) in [5.74, 6) is 0.510. The summed E-state index contributed by atoms with van der Waals surface area (Å²) >= 11 is 0. The van der Waals surface area contributed by atoms with Gasteiger partial charge >= 0.3 is 0 Å². The Morgan fingerprint density at radius 2 is 2.04 bits per heavy atom. The second-order valence-corrected chi connectivity index (χ2v) is 9.33. The van der Waals surface area contributed by atoms with Crippen molar-refractivity contribution >= 4 is 32.5 Å². The number of aromatic amines is 1. The van der Waals surface area contributed by atoms with Crippen LogP contribution in [0.2, 0.25) is 0 Å². The van der Waals surface area contributed by atoms with Crippen LogP contribution in [0.5, 0.6) is 0 Å². The quantitative estimate of drug-likeness (QED) is 0.606. The normalized spacial score (nSPS) is 15.5. The number of hydrogen-bond donors (Lipinski definition) is 2. The second kappa shape index (κ2) is 7.35. The maximum absolute atomic E-state index is 12.4. The predicted molar refractivity (Wildman–Crippen MR) is 108 cm³/mol. The average molecular weight is 398 g/mol. The smallest absolute Gasteiger partial charge is 0.236 e. The summed E-state index contributed by atoms with van der Waals surface area (Å²) in [6, 6.07) is 11.7. The molecule has 2 N–H and O–H groups in total. The van der Waals surface area contributed by atoms with Crippen molar-refractivity contribution in [2.24, 2.45) is 0 Å². The van der Waals surface area contributed by atoms with Crippen LogP contribution in [-0.4, -0.2) is 34.6 Å². The van der Waals surface area contributed by atoms with Gasteiger partial charge in [-0.15, -0.1) is 0 Å². The van der Waals surface area contributed by atoms with Crippen molar-refractivity contribution in [3.63, 3.8) is 0 Å². The molecule has 0 bridgehead atoms. The summed E-state index contributed by atoms with van der Waals surface area (Å²) in [5.41, 5.74) is 2.43. The number of hydrogen-bond acceptors (Lipinski definition) is 5. The third-order valence-corrected chi connectivity index (χ3v) is 6.81. The van der Waals surface area contributed by atoms with Gasteiger partial charge < -0.3 is 0 Å². The number of nitrogens with zero attached hydrogens (tertiary/aromatic N) is 2. The van der Waals surface area contributed by atoms with Crippen LogP contribution in [-0.2, 0) is 21.2 Å². The molecule has 28 heavy (non-hydrogen) atoms. The van der Waals surface area contributed by atoms with E-state index < -0.39 is 10.0 Å². The van der Waals surface area contributed by atoms with Crippen molar-refractivity contribution in [3.8, 4) is 0 Å². The maximum atomic E-state index is 12.4. The summed E-state index contributed by atoms with van der Waals surface area (Å²) in [4.78, 5) is 16.8. The van der Waals surface area contributed by atoms with E-state index in [-0.39, 0.29) is 29.2 Å². The van der Waals surface area contributed by atoms with Gasteiger partial charge in [-0.25, -0.2) is 8.42 Å². The molecule has 2 heterocycles. The van der Waals surface area contributed by atoms with Gasteiger partial charge in [0.05, 0.1) is 16.2 Å². The van der Waals surface area contributed by atoms with Crippen LogP contribution in [0.4, 0.5) is 5.82 Å². The van der Waals surface area contributed by atoms with Crippen LogP contribution >= 0.6 is 0 Å². The van der Waals surface area contributed by atoms with Gasteiger partial charge in [0.25, 0.3) is 0 Å². The molecule has 2 aromatic heterocycles. The largest absolute Gasteiger partial charge is 0.299 e. The zero-order valence-corrected chi connectivity index (χ0v) is 16.4. The molecule has 1 aliphatic carbocycles. The molecule has 0 unspecified atom stereocenters. The predicted octanol–water partition coefficient (Wildman–Crippen LogP) is 3.17. The van der Waals surface area contributed by atoms with Crippen molar-refractivity contribution in [2.45, 2.75) is 43.8 Å². The zero-order chi connectivity index (χ0) is 19.7. The van der Waals surface area contributed by atoms with Gasteiger partial charge in [-0.1, -0.05) is 37.3 Å². The highest BCUT2D eigenvalue weighted by Gasteiger charge is 2.36. The highest BCUT2D eigenvalue weighted by atomic mass is 32.2. The first-order chi connectivity index (χ1) is 13.4. The molecule has 1 aliphatic rings. The lowest BCUT2D eigenvalue weighted by atomic mass is 9.94. The SMILES string of the molecule is C[C@@H](CC(=O)Cc1cc2[nH]nc(NS(=O)(=O)C3CC3)c2cn1)c1ccccc1. The van der Waals surface area contributed by atoms with Gasteiger partial charge in [-0.2, -0.15) is 5.10 Å². The Labute approximate surface area is 163 Å². The minimum Gasteiger partial charge on any atom is -0.299 e. The molecule has 0 spiro atoms. The fourth-order valence-corrected chi connectivity index (χ4v) is 4.59. The van der Waals surface area contributed by atoms with Gasteiger partial charge in [-0.3, -0.25) is 19.6 Å². The average Bonchev–Trinajstić information content (AvgIpc) is 3.46. The third-order valence-electron chi connectivity index (χ3n) is 4.99. The molecule has 4 rings (SSSR count). The molecule has 1 saturated carbocycles. The molecule has 146 valence electrons. The van der Waals surface area contributed by atoms with Crippen molar-refractivity contribution in [1.82, 2.24) is 15.2 Å². The van der Waals surface area contributed by atoms with Crippen molar-refractivity contribution in [1.29, 1.82) is 0 Å². The molecule has 0 radical (unpaired) electrons. The van der Waals surface area contributed by atoms with E-state index in [1.165, 1.54) is 0 Å². The molecule has 1 fully saturated rings. The molecule has 0 amide bonds. The first-order valence-electron chi connectivity index (χ1n) is 9.33. The Morgan fingerprint density at radius 1 is 1.29 bits per heavy atom. The standard InChI is InChI=1S/C20H22N4O3S/c1-13(14-5-3-2-4-6-14)9-16(25)10-15-11-19-18(12-21-15)20(23-22-19)24-28(26,27)17-7-8-17/h2-6,11-13,17H,7-10H2,1H3,(H2,22,23,24)/t13-/m0/s1. The number of carbonyl (C=O) groups is 1. The van der Waals surface area contributed by atoms with Crippen LogP contribution in [0.15, 0.2) is 42.6 Å². The molecule has 0 aliphatic heterocycles. The van der Waals surface area contributed by atoms with Crippen LogP contribution in [0.3, 0.4) is 0 Å². The van der Waals surface area contributed by atoms with E-state index in [4.69, 9.17) is 0 Å². The number of benzene rings is 1. The fraction of sp³-hybridized carbons (Fsp3) is 0.350. The van der Waals surface area contributed by atoms with Gasteiger partial charge in [-0.05, 0) is 30.4 Å². The zero-order valence-electron chi connectivity index (χ0n) is 15.6. The van der Waals surface area contributed by atoms with Crippen molar-refractivity contribution in [2.75, 3.05) is 4.72 Å². The maximum Gasteiger partial charge on any atom is 0.236 e. The van der Waals surface area contributed by atoms with Crippen LogP contribution in [0, 0.1) is 0 Å². The summed E-state index contributed by atoms with van der Waals surface area (Å²) in [7, 11) is -3.38. The van der Waals surface area contributed by atoms with E-state index in [1.807, 2.05) is 37.3 Å². The van der Waals surface area contributed by atoms with E-state index in [2.05, 4.69) is 19.9 Å². The lowest BCUT2D eigenvalue weighted by Crippen LogP contribution is -2.17. The lowest BCUT2D eigenvalue weighted by Gasteiger charge is -2.10. The molecule has 3 aromatic rings. The van der Waals surface area contributed by atoms with Crippen LogP contribution < -0.4 is 4.72 Å². The van der Waals surface area contributed by atoms with Gasteiger partial charge in [0.15, 0.2) is 5.82 Å². The second-order valence-electron chi connectivity index (χ2n) is 7.37. The highest BCUT2D eigenvalue weighted by molar-refractivity contribution is 7.93. The topological polar surface area (TPSA) is 105 Å². The molecule has 1 aromatic carbocycles. The van der Waals surface area contributed by atoms with Crippen LogP contribution in [0.1, 0.15) is 43.4 Å². The van der Waals surface area contributed by atoms with Gasteiger partial charge in [0.2, 0.25) is 10.0 Å². The molecular weight excluding hydrogens is 376 g/mol. The van der Waals surface area contributed by atoms with Gasteiger partial charge in [0.1, 0.15) is 5.78 Å². The monoisotopic (exact) mass is 398 g/mol. The molecule has 0 saturated heterocycles. The first-order valence-corrected chi connectivity index (χ1v) is 10.9. The summed E-state index contributed by atoms with van der Waals surface area (Å²) < 4.78 is 26.7. The number of sulfonamides is 1.